The van der Waals surface area contributed by atoms with Crippen molar-refractivity contribution in [3.8, 4) is 23.1 Å². The summed E-state index contributed by atoms with van der Waals surface area (Å²) in [6, 6.07) is 20.1. The molecule has 4 N–H and O–H groups in total. The molecule has 3 aliphatic rings. The molecule has 3 heterocycles. The molecule has 2 aromatic heterocycles. The molecule has 214 valence electrons. The lowest BCUT2D eigenvalue weighted by Crippen LogP contribution is -2.24. The van der Waals surface area contributed by atoms with Crippen molar-refractivity contribution in [2.24, 2.45) is 23.7 Å². The van der Waals surface area contributed by atoms with E-state index in [1.807, 2.05) is 12.3 Å². The second-order valence-electron chi connectivity index (χ2n) is 12.7. The number of H-pyrrole nitrogens is 2. The molecule has 1 saturated heterocycles. The van der Waals surface area contributed by atoms with E-state index in [1.165, 1.54) is 5.57 Å². The molecule has 43 heavy (non-hydrogen) atoms. The van der Waals surface area contributed by atoms with Crippen LogP contribution in [0.5, 0.6) is 0 Å². The van der Waals surface area contributed by atoms with Gasteiger partial charge in [-0.1, -0.05) is 69.5 Å². The highest BCUT2D eigenvalue weighted by molar-refractivity contribution is 6.04. The molecule has 7 atom stereocenters. The monoisotopic (exact) mass is 564 g/mol. The second-order valence-corrected chi connectivity index (χ2v) is 12.7. The normalized spacial score (nSPS) is 28.0. The van der Waals surface area contributed by atoms with Gasteiger partial charge >= 0.3 is 0 Å². The molecule has 6 nitrogen and oxygen atoms in total. The maximum atomic E-state index is 5.02. The lowest BCUT2D eigenvalue weighted by Gasteiger charge is -2.13. The zero-order valence-corrected chi connectivity index (χ0v) is 24.8. The Morgan fingerprint density at radius 3 is 2.42 bits per heavy atom. The van der Waals surface area contributed by atoms with Crippen molar-refractivity contribution in [3.63, 3.8) is 0 Å². The summed E-state index contributed by atoms with van der Waals surface area (Å²) < 4.78 is 0. The first kappa shape index (κ1) is 26.2. The molecule has 1 aliphatic heterocycles. The maximum absolute atomic E-state index is 5.02. The van der Waals surface area contributed by atoms with Crippen LogP contribution in [0.2, 0.25) is 0 Å². The Kier molecular flexibility index (Phi) is 5.98. The fraction of sp³-hybridized carbons (Fsp3) is 0.297. The van der Waals surface area contributed by atoms with E-state index in [0.717, 1.165) is 55.8 Å². The highest BCUT2D eigenvalue weighted by atomic mass is 15.1. The van der Waals surface area contributed by atoms with Crippen LogP contribution in [-0.4, -0.2) is 32.0 Å². The Labute approximate surface area is 252 Å². The Morgan fingerprint density at radius 2 is 1.70 bits per heavy atom. The number of hydrogen-bond donors (Lipinski definition) is 4. The first-order valence-electron chi connectivity index (χ1n) is 15.3. The Balaban J connectivity index is 0.982. The van der Waals surface area contributed by atoms with Crippen LogP contribution in [0.25, 0.3) is 33.1 Å². The number of imidazole rings is 2. The highest BCUT2D eigenvalue weighted by Gasteiger charge is 2.56. The van der Waals surface area contributed by atoms with Gasteiger partial charge < -0.3 is 20.6 Å². The van der Waals surface area contributed by atoms with Gasteiger partial charge in [-0.3, -0.25) is 0 Å². The predicted molar refractivity (Wildman–Crippen MR) is 173 cm³/mol. The molecule has 0 radical (unpaired) electrons. The summed E-state index contributed by atoms with van der Waals surface area (Å²) in [6.45, 7) is 15.2. The number of hydrogen-bond acceptors (Lipinski definition) is 4. The molecule has 0 amide bonds. The molecular weight excluding hydrogens is 528 g/mol. The predicted octanol–water partition coefficient (Wildman–Crippen LogP) is 6.81. The van der Waals surface area contributed by atoms with Crippen LogP contribution in [0.3, 0.4) is 0 Å². The van der Waals surface area contributed by atoms with E-state index >= 15 is 0 Å². The fourth-order valence-corrected chi connectivity index (χ4v) is 7.02. The van der Waals surface area contributed by atoms with Crippen LogP contribution in [0.1, 0.15) is 55.6 Å². The van der Waals surface area contributed by atoms with E-state index in [2.05, 4.69) is 126 Å². The minimum atomic E-state index is 0.0168. The Morgan fingerprint density at radius 1 is 0.930 bits per heavy atom. The van der Waals surface area contributed by atoms with Crippen molar-refractivity contribution in [2.75, 3.05) is 0 Å². The molecule has 6 heteroatoms. The van der Waals surface area contributed by atoms with Gasteiger partial charge in [0.2, 0.25) is 0 Å². The lowest BCUT2D eigenvalue weighted by atomic mass is 10.0. The lowest BCUT2D eigenvalue weighted by molar-refractivity contribution is 0.562. The zero-order chi connectivity index (χ0) is 29.4. The summed E-state index contributed by atoms with van der Waals surface area (Å²) >= 11 is 0. The highest BCUT2D eigenvalue weighted by Crippen LogP contribution is 2.53. The third-order valence-electron chi connectivity index (χ3n) is 10.2. The van der Waals surface area contributed by atoms with Gasteiger partial charge in [0.05, 0.1) is 35.0 Å². The third-order valence-corrected chi connectivity index (χ3v) is 10.2. The van der Waals surface area contributed by atoms with E-state index in [9.17, 15) is 0 Å². The minimum Gasteiger partial charge on any atom is -0.340 e. The average molecular weight is 565 g/mol. The molecule has 7 unspecified atom stereocenters. The molecular formula is C37H36N6. The third kappa shape index (κ3) is 4.43. The van der Waals surface area contributed by atoms with Crippen LogP contribution in [0, 0.1) is 35.5 Å². The van der Waals surface area contributed by atoms with Gasteiger partial charge in [0.15, 0.2) is 0 Å². The van der Waals surface area contributed by atoms with E-state index in [4.69, 9.17) is 4.98 Å². The van der Waals surface area contributed by atoms with Gasteiger partial charge in [0.1, 0.15) is 11.6 Å². The van der Waals surface area contributed by atoms with Gasteiger partial charge in [-0.15, -0.1) is 6.58 Å². The molecule has 0 spiro atoms. The molecule has 5 aromatic rings. The summed E-state index contributed by atoms with van der Waals surface area (Å²) in [7, 11) is 0. The number of piperidine rings is 1. The van der Waals surface area contributed by atoms with E-state index in [1.54, 1.807) is 0 Å². The summed E-state index contributed by atoms with van der Waals surface area (Å²) in [6.07, 6.45) is 3.82. The van der Waals surface area contributed by atoms with Crippen molar-refractivity contribution >= 4 is 21.8 Å². The van der Waals surface area contributed by atoms with Gasteiger partial charge in [0.25, 0.3) is 0 Å². The smallest absolute Gasteiger partial charge is 0.128 e. The van der Waals surface area contributed by atoms with Crippen molar-refractivity contribution < 1.29 is 0 Å². The summed E-state index contributed by atoms with van der Waals surface area (Å²) in [5.74, 6) is 11.2. The maximum Gasteiger partial charge on any atom is 0.128 e. The van der Waals surface area contributed by atoms with Crippen molar-refractivity contribution in [1.29, 1.82) is 0 Å². The van der Waals surface area contributed by atoms with Crippen LogP contribution in [-0.2, 0) is 0 Å². The zero-order valence-electron chi connectivity index (χ0n) is 24.8. The summed E-state index contributed by atoms with van der Waals surface area (Å²) in [5, 5.41) is 9.63. The summed E-state index contributed by atoms with van der Waals surface area (Å²) in [4.78, 5) is 16.7. The standard InChI is InChI=1S/C37H36N6/c1-6-28(39-32-19(2)20(32)3)36-38-18-30(41-36)25-12-9-23(10-13-25)7-8-24-11-15-27-26(17-24)14-16-29-35(27)43-37(40-29)34-22(5)31-21(4)33(31)42-34/h6,9-21,28,31-34,39,42H,1,5H2,2-4H3,(H,38,41)(H,40,43). The Hall–Kier alpha value is -4.44. The number of aromatic nitrogens is 4. The van der Waals surface area contributed by atoms with Gasteiger partial charge in [-0.25, -0.2) is 9.97 Å². The molecule has 8 rings (SSSR count). The Bertz CT molecular complexity index is 1960. The SMILES string of the molecule is C=CC(NC1C(C)C1C)c1ncc(-c2ccc(C#Cc3ccc4c(ccc5[nH]c(C6NC7C(C)C7C6=C)nc54)c3)cc2)[nH]1. The number of fused-ring (bicyclic) bond motifs is 4. The number of benzene rings is 3. The van der Waals surface area contributed by atoms with Gasteiger partial charge in [0, 0.05) is 34.5 Å². The first-order chi connectivity index (χ1) is 20.9. The second kappa shape index (κ2) is 9.80. The van der Waals surface area contributed by atoms with E-state index in [0.29, 0.717) is 35.8 Å². The largest absolute Gasteiger partial charge is 0.340 e. The molecule has 0 bridgehead atoms. The molecule has 2 saturated carbocycles. The van der Waals surface area contributed by atoms with Gasteiger partial charge in [-0.2, -0.15) is 0 Å². The number of nitrogens with zero attached hydrogens (tertiary/aromatic N) is 2. The van der Waals surface area contributed by atoms with Crippen LogP contribution in [0.15, 0.2) is 85.6 Å². The van der Waals surface area contributed by atoms with Crippen LogP contribution < -0.4 is 10.6 Å². The van der Waals surface area contributed by atoms with E-state index in [-0.39, 0.29) is 12.1 Å². The van der Waals surface area contributed by atoms with Gasteiger partial charge in [-0.05, 0) is 64.6 Å². The minimum absolute atomic E-state index is 0.0168. The number of rotatable bonds is 6. The van der Waals surface area contributed by atoms with E-state index < -0.39 is 0 Å². The van der Waals surface area contributed by atoms with Crippen molar-refractivity contribution in [1.82, 2.24) is 30.6 Å². The van der Waals surface area contributed by atoms with Crippen LogP contribution in [0.4, 0.5) is 0 Å². The van der Waals surface area contributed by atoms with Crippen LogP contribution >= 0.6 is 0 Å². The molecule has 3 fully saturated rings. The molecule has 3 aromatic carbocycles. The number of aromatic amines is 2. The fourth-order valence-electron chi connectivity index (χ4n) is 7.02. The van der Waals surface area contributed by atoms with Crippen molar-refractivity contribution in [3.05, 3.63) is 108 Å². The quantitative estimate of drug-likeness (QED) is 0.135. The molecule has 2 aliphatic carbocycles. The van der Waals surface area contributed by atoms with Crippen molar-refractivity contribution in [2.45, 2.75) is 44.9 Å². The average Bonchev–Trinajstić information content (AvgIpc) is 3.50. The first-order valence-corrected chi connectivity index (χ1v) is 15.3. The topological polar surface area (TPSA) is 81.4 Å². The summed E-state index contributed by atoms with van der Waals surface area (Å²) in [5.41, 5.74) is 7.32. The number of nitrogens with one attached hydrogen (secondary N) is 4.